The normalized spacial score (nSPS) is 13.6. The number of benzene rings is 2. The van der Waals surface area contributed by atoms with Crippen molar-refractivity contribution >= 4 is 22.7 Å². The molecular formula is C20H22N4O. The minimum atomic E-state index is 0.558. The van der Waals surface area contributed by atoms with Crippen LogP contribution < -0.4 is 15.4 Å². The molecule has 1 saturated carbocycles. The summed E-state index contributed by atoms with van der Waals surface area (Å²) in [6, 6.07) is 16.8. The Hall–Kier alpha value is -2.82. The van der Waals surface area contributed by atoms with E-state index in [1.807, 2.05) is 30.3 Å². The fourth-order valence-corrected chi connectivity index (χ4v) is 2.83. The third-order valence-electron chi connectivity index (χ3n) is 4.35. The zero-order chi connectivity index (χ0) is 17.1. The van der Waals surface area contributed by atoms with Gasteiger partial charge in [0.25, 0.3) is 0 Å². The molecule has 0 radical (unpaired) electrons. The molecule has 5 heteroatoms. The van der Waals surface area contributed by atoms with Gasteiger partial charge in [-0.2, -0.15) is 4.98 Å². The highest BCUT2D eigenvalue weighted by molar-refractivity contribution is 5.90. The van der Waals surface area contributed by atoms with Crippen LogP contribution in [0.25, 0.3) is 10.9 Å². The van der Waals surface area contributed by atoms with Crippen molar-refractivity contribution < 1.29 is 4.74 Å². The Morgan fingerprint density at radius 1 is 1.08 bits per heavy atom. The lowest BCUT2D eigenvalue weighted by molar-refractivity contribution is 0.414. The van der Waals surface area contributed by atoms with Crippen molar-refractivity contribution in [2.24, 2.45) is 0 Å². The number of rotatable bonds is 7. The maximum absolute atomic E-state index is 5.27. The molecule has 25 heavy (non-hydrogen) atoms. The van der Waals surface area contributed by atoms with Crippen molar-refractivity contribution in [3.8, 4) is 5.75 Å². The average Bonchev–Trinajstić information content (AvgIpc) is 3.46. The maximum Gasteiger partial charge on any atom is 0.225 e. The summed E-state index contributed by atoms with van der Waals surface area (Å²) in [6.07, 6.45) is 3.33. The smallest absolute Gasteiger partial charge is 0.225 e. The number of fused-ring (bicyclic) bond motifs is 1. The minimum Gasteiger partial charge on any atom is -0.497 e. The fourth-order valence-electron chi connectivity index (χ4n) is 2.83. The van der Waals surface area contributed by atoms with Crippen LogP contribution in [0.4, 0.5) is 11.8 Å². The predicted octanol–water partition coefficient (Wildman–Crippen LogP) is 3.87. The summed E-state index contributed by atoms with van der Waals surface area (Å²) >= 11 is 0. The van der Waals surface area contributed by atoms with Gasteiger partial charge in [-0.3, -0.25) is 0 Å². The SMILES string of the molecule is COc1cccc(CCNc2nc(NC3CC3)c3ccccc3n2)c1. The van der Waals surface area contributed by atoms with Gasteiger partial charge in [-0.25, -0.2) is 4.98 Å². The van der Waals surface area contributed by atoms with E-state index in [0.717, 1.165) is 35.4 Å². The molecule has 0 amide bonds. The Bertz CT molecular complexity index is 876. The number of nitrogens with one attached hydrogen (secondary N) is 2. The molecule has 2 N–H and O–H groups in total. The van der Waals surface area contributed by atoms with Gasteiger partial charge in [0.15, 0.2) is 0 Å². The van der Waals surface area contributed by atoms with E-state index in [1.54, 1.807) is 7.11 Å². The number of anilines is 2. The summed E-state index contributed by atoms with van der Waals surface area (Å²) in [5, 5.41) is 7.95. The van der Waals surface area contributed by atoms with Crippen LogP contribution in [0.1, 0.15) is 18.4 Å². The molecule has 1 fully saturated rings. The quantitative estimate of drug-likeness (QED) is 0.687. The molecular weight excluding hydrogens is 312 g/mol. The van der Waals surface area contributed by atoms with Crippen molar-refractivity contribution in [1.29, 1.82) is 0 Å². The van der Waals surface area contributed by atoms with E-state index >= 15 is 0 Å². The average molecular weight is 334 g/mol. The number of para-hydroxylation sites is 1. The van der Waals surface area contributed by atoms with Crippen LogP contribution in [0.15, 0.2) is 48.5 Å². The summed E-state index contributed by atoms with van der Waals surface area (Å²) < 4.78 is 5.27. The summed E-state index contributed by atoms with van der Waals surface area (Å²) in [7, 11) is 1.69. The Labute approximate surface area is 147 Å². The van der Waals surface area contributed by atoms with Crippen LogP contribution >= 0.6 is 0 Å². The van der Waals surface area contributed by atoms with Gasteiger partial charge in [0.2, 0.25) is 5.95 Å². The second-order valence-electron chi connectivity index (χ2n) is 6.36. The second kappa shape index (κ2) is 6.97. The second-order valence-corrected chi connectivity index (χ2v) is 6.36. The first kappa shape index (κ1) is 15.7. The zero-order valence-corrected chi connectivity index (χ0v) is 14.3. The van der Waals surface area contributed by atoms with Crippen LogP contribution in [0.3, 0.4) is 0 Å². The number of ether oxygens (including phenoxy) is 1. The summed E-state index contributed by atoms with van der Waals surface area (Å²) in [5.74, 6) is 2.48. The Morgan fingerprint density at radius 3 is 2.80 bits per heavy atom. The van der Waals surface area contributed by atoms with E-state index in [0.29, 0.717) is 12.0 Å². The van der Waals surface area contributed by atoms with Gasteiger partial charge in [-0.1, -0.05) is 24.3 Å². The van der Waals surface area contributed by atoms with Crippen molar-refractivity contribution in [2.45, 2.75) is 25.3 Å². The van der Waals surface area contributed by atoms with Crippen molar-refractivity contribution in [3.05, 3.63) is 54.1 Å². The maximum atomic E-state index is 5.27. The third kappa shape index (κ3) is 3.82. The number of aromatic nitrogens is 2. The number of nitrogens with zero attached hydrogens (tertiary/aromatic N) is 2. The molecule has 1 aliphatic rings. The largest absolute Gasteiger partial charge is 0.497 e. The van der Waals surface area contributed by atoms with Gasteiger partial charge >= 0.3 is 0 Å². The van der Waals surface area contributed by atoms with E-state index in [4.69, 9.17) is 4.74 Å². The predicted molar refractivity (Wildman–Crippen MR) is 101 cm³/mol. The molecule has 1 heterocycles. The molecule has 128 valence electrons. The van der Waals surface area contributed by atoms with Gasteiger partial charge in [0, 0.05) is 18.0 Å². The summed E-state index contributed by atoms with van der Waals surface area (Å²) in [4.78, 5) is 9.33. The van der Waals surface area contributed by atoms with Gasteiger partial charge in [0.1, 0.15) is 11.6 Å². The molecule has 0 bridgehead atoms. The first-order chi connectivity index (χ1) is 12.3. The third-order valence-corrected chi connectivity index (χ3v) is 4.35. The van der Waals surface area contributed by atoms with Gasteiger partial charge < -0.3 is 15.4 Å². The zero-order valence-electron chi connectivity index (χ0n) is 14.3. The molecule has 1 aromatic heterocycles. The van der Waals surface area contributed by atoms with Crippen molar-refractivity contribution in [1.82, 2.24) is 9.97 Å². The highest BCUT2D eigenvalue weighted by Crippen LogP contribution is 2.28. The van der Waals surface area contributed by atoms with Gasteiger partial charge in [-0.05, 0) is 49.1 Å². The topological polar surface area (TPSA) is 59.1 Å². The molecule has 0 atom stereocenters. The van der Waals surface area contributed by atoms with Crippen LogP contribution in [0.2, 0.25) is 0 Å². The van der Waals surface area contributed by atoms with Crippen LogP contribution in [-0.4, -0.2) is 29.7 Å². The molecule has 4 rings (SSSR count). The minimum absolute atomic E-state index is 0.558. The molecule has 0 saturated heterocycles. The summed E-state index contributed by atoms with van der Waals surface area (Å²) in [6.45, 7) is 0.772. The number of methoxy groups -OCH3 is 1. The van der Waals surface area contributed by atoms with E-state index in [2.05, 4.69) is 38.8 Å². The number of hydrogen-bond acceptors (Lipinski definition) is 5. The van der Waals surface area contributed by atoms with Crippen LogP contribution in [-0.2, 0) is 6.42 Å². The van der Waals surface area contributed by atoms with Crippen molar-refractivity contribution in [3.63, 3.8) is 0 Å². The van der Waals surface area contributed by atoms with Crippen LogP contribution in [0, 0.1) is 0 Å². The van der Waals surface area contributed by atoms with Crippen LogP contribution in [0.5, 0.6) is 5.75 Å². The molecule has 5 nitrogen and oxygen atoms in total. The first-order valence-electron chi connectivity index (χ1n) is 8.72. The monoisotopic (exact) mass is 334 g/mol. The fraction of sp³-hybridized carbons (Fsp3) is 0.300. The molecule has 0 unspecified atom stereocenters. The van der Waals surface area contributed by atoms with E-state index < -0.39 is 0 Å². The standard InChI is InChI=1S/C20H22N4O/c1-25-16-6-4-5-14(13-16)11-12-21-20-23-18-8-3-2-7-17(18)19(24-20)22-15-9-10-15/h2-8,13,15H,9-12H2,1H3,(H2,21,22,23,24). The van der Waals surface area contributed by atoms with E-state index in [9.17, 15) is 0 Å². The molecule has 3 aromatic rings. The van der Waals surface area contributed by atoms with E-state index in [1.165, 1.54) is 18.4 Å². The Kier molecular flexibility index (Phi) is 4.37. The molecule has 0 spiro atoms. The molecule has 2 aromatic carbocycles. The lowest BCUT2D eigenvalue weighted by Crippen LogP contribution is -2.11. The highest BCUT2D eigenvalue weighted by atomic mass is 16.5. The molecule has 0 aliphatic heterocycles. The Balaban J connectivity index is 1.48. The summed E-state index contributed by atoms with van der Waals surface area (Å²) in [5.41, 5.74) is 2.19. The Morgan fingerprint density at radius 2 is 1.96 bits per heavy atom. The lowest BCUT2D eigenvalue weighted by atomic mass is 10.1. The van der Waals surface area contributed by atoms with Gasteiger partial charge in [-0.15, -0.1) is 0 Å². The van der Waals surface area contributed by atoms with E-state index in [-0.39, 0.29) is 0 Å². The van der Waals surface area contributed by atoms with Crippen molar-refractivity contribution in [2.75, 3.05) is 24.3 Å². The first-order valence-corrected chi connectivity index (χ1v) is 8.72. The molecule has 1 aliphatic carbocycles. The lowest BCUT2D eigenvalue weighted by Gasteiger charge is -2.11. The highest BCUT2D eigenvalue weighted by Gasteiger charge is 2.22. The van der Waals surface area contributed by atoms with Gasteiger partial charge in [0.05, 0.1) is 12.6 Å². The number of hydrogen-bond donors (Lipinski definition) is 2.